The van der Waals surface area contributed by atoms with Gasteiger partial charge in [0.1, 0.15) is 0 Å². The molecule has 9 heteroatoms. The third kappa shape index (κ3) is 8.20. The van der Waals surface area contributed by atoms with Gasteiger partial charge in [-0.3, -0.25) is 4.57 Å². The minimum Gasteiger partial charge on any atom is -0.309 e. The minimum absolute atomic E-state index is 0.576. The molecule has 0 radical (unpaired) electrons. The number of benzene rings is 14. The van der Waals surface area contributed by atoms with Crippen LogP contribution >= 0.6 is 0 Å². The monoisotopic (exact) mass is 1220 g/mol. The predicted molar refractivity (Wildman–Crippen MR) is 395 cm³/mol. The van der Waals surface area contributed by atoms with Gasteiger partial charge in [-0.2, -0.15) is 0 Å². The van der Waals surface area contributed by atoms with Gasteiger partial charge >= 0.3 is 0 Å². The number of hydrogen-bond donors (Lipinski definition) is 0. The van der Waals surface area contributed by atoms with Crippen LogP contribution in [0.1, 0.15) is 0 Å². The van der Waals surface area contributed by atoms with Gasteiger partial charge in [0.2, 0.25) is 5.95 Å². The van der Waals surface area contributed by atoms with E-state index in [-0.39, 0.29) is 0 Å². The molecular formula is C87H53N9. The van der Waals surface area contributed by atoms with Gasteiger partial charge < -0.3 is 13.7 Å². The number of fused-ring (bicyclic) bond motifs is 17. The van der Waals surface area contributed by atoms with Gasteiger partial charge in [0.25, 0.3) is 0 Å². The molecule has 6 aromatic heterocycles. The summed E-state index contributed by atoms with van der Waals surface area (Å²) in [6, 6.07) is 115. The van der Waals surface area contributed by atoms with Gasteiger partial charge in [0, 0.05) is 98.6 Å². The van der Waals surface area contributed by atoms with Crippen molar-refractivity contribution < 1.29 is 0 Å². The van der Waals surface area contributed by atoms with Crippen LogP contribution in [0.3, 0.4) is 0 Å². The molecule has 0 atom stereocenters. The highest BCUT2D eigenvalue weighted by molar-refractivity contribution is 6.37. The molecule has 0 aliphatic heterocycles. The summed E-state index contributed by atoms with van der Waals surface area (Å²) >= 11 is 0. The molecule has 0 saturated carbocycles. The maximum absolute atomic E-state index is 5.74. The second-order valence-corrected chi connectivity index (χ2v) is 24.7. The van der Waals surface area contributed by atoms with Crippen LogP contribution in [0, 0.1) is 0 Å². The van der Waals surface area contributed by atoms with E-state index in [4.69, 9.17) is 24.9 Å². The van der Waals surface area contributed by atoms with Gasteiger partial charge in [-0.15, -0.1) is 0 Å². The van der Waals surface area contributed by atoms with Crippen molar-refractivity contribution in [2.45, 2.75) is 0 Å². The molecule has 9 nitrogen and oxygen atoms in total. The van der Waals surface area contributed by atoms with Crippen LogP contribution in [-0.2, 0) is 0 Å². The van der Waals surface area contributed by atoms with Gasteiger partial charge in [-0.05, 0) is 96.1 Å². The van der Waals surface area contributed by atoms with E-state index in [0.29, 0.717) is 23.4 Å². The van der Waals surface area contributed by atoms with E-state index in [1.807, 2.05) is 36.4 Å². The van der Waals surface area contributed by atoms with E-state index >= 15 is 0 Å². The highest BCUT2D eigenvalue weighted by Crippen LogP contribution is 2.48. The van der Waals surface area contributed by atoms with Gasteiger partial charge in [-0.25, -0.2) is 24.9 Å². The molecule has 0 unspecified atom stereocenters. The number of para-hydroxylation sites is 7. The Balaban J connectivity index is 0.770. The molecule has 0 amide bonds. The summed E-state index contributed by atoms with van der Waals surface area (Å²) < 4.78 is 9.55. The first-order valence-electron chi connectivity index (χ1n) is 32.5. The lowest BCUT2D eigenvalue weighted by Crippen LogP contribution is -2.04. The number of aromatic nitrogens is 9. The first-order chi connectivity index (χ1) is 47.6. The first kappa shape index (κ1) is 53.5. The van der Waals surface area contributed by atoms with Crippen LogP contribution in [0.2, 0.25) is 0 Å². The summed E-state index contributed by atoms with van der Waals surface area (Å²) in [7, 11) is 0. The Kier molecular flexibility index (Phi) is 11.8. The van der Waals surface area contributed by atoms with E-state index in [1.54, 1.807) is 0 Å². The molecule has 0 spiro atoms. The molecule has 0 aliphatic carbocycles. The third-order valence-electron chi connectivity index (χ3n) is 19.3. The zero-order chi connectivity index (χ0) is 63.0. The highest BCUT2D eigenvalue weighted by Gasteiger charge is 2.27. The molecule has 446 valence electrons. The largest absolute Gasteiger partial charge is 0.309 e. The highest BCUT2D eigenvalue weighted by atomic mass is 15.2. The molecule has 0 N–H and O–H groups in total. The van der Waals surface area contributed by atoms with E-state index in [2.05, 4.69) is 303 Å². The van der Waals surface area contributed by atoms with Gasteiger partial charge in [0.05, 0.1) is 55.3 Å². The maximum atomic E-state index is 5.74. The summed E-state index contributed by atoms with van der Waals surface area (Å²) in [4.78, 5) is 27.0. The van der Waals surface area contributed by atoms with Crippen molar-refractivity contribution >= 4 is 109 Å². The first-order valence-corrected chi connectivity index (χ1v) is 32.5. The topological polar surface area (TPSA) is 84.2 Å². The van der Waals surface area contributed by atoms with E-state index in [1.165, 1.54) is 32.4 Å². The van der Waals surface area contributed by atoms with Crippen molar-refractivity contribution in [3.63, 3.8) is 0 Å². The summed E-state index contributed by atoms with van der Waals surface area (Å²) in [5.41, 5.74) is 19.5. The summed E-state index contributed by atoms with van der Waals surface area (Å²) in [6.07, 6.45) is 0. The van der Waals surface area contributed by atoms with Crippen LogP contribution in [0.15, 0.2) is 322 Å². The average Bonchev–Trinajstić information content (AvgIpc) is 1.53. The number of rotatable bonds is 9. The van der Waals surface area contributed by atoms with Crippen molar-refractivity contribution in [2.24, 2.45) is 0 Å². The Bertz CT molecular complexity index is 6470. The Morgan fingerprint density at radius 3 is 1.16 bits per heavy atom. The number of hydrogen-bond acceptors (Lipinski definition) is 5. The SMILES string of the molecule is c1ccc(-c2nc(-c3ccccc3)nc(-c3cc(-n4c5ccccc5c5ccccc54)cc(-n4c5ccccc5c5cc(-c6cccc(-c7nc(-n8c9ccccc9c9c%10c%11ccccc%11n(-c%11ccccc%11)c%10c%10ccccc%10c98)nc8ccccc78)c6)ccc54)c3)n2)cc1. The van der Waals surface area contributed by atoms with Gasteiger partial charge in [-0.1, -0.05) is 237 Å². The fraction of sp³-hybridized carbons (Fsp3) is 0. The predicted octanol–water partition coefficient (Wildman–Crippen LogP) is 21.7. The van der Waals surface area contributed by atoms with Crippen LogP contribution < -0.4 is 0 Å². The fourth-order valence-corrected chi connectivity index (χ4v) is 15.2. The second-order valence-electron chi connectivity index (χ2n) is 24.7. The van der Waals surface area contributed by atoms with Crippen molar-refractivity contribution in [3.05, 3.63) is 322 Å². The molecule has 0 saturated heterocycles. The molecule has 0 fully saturated rings. The summed E-state index contributed by atoms with van der Waals surface area (Å²) in [6.45, 7) is 0. The number of nitrogens with zero attached hydrogens (tertiary/aromatic N) is 9. The Labute approximate surface area is 550 Å². The fourth-order valence-electron chi connectivity index (χ4n) is 15.2. The molecule has 14 aromatic carbocycles. The van der Waals surface area contributed by atoms with Crippen LogP contribution in [0.25, 0.3) is 188 Å². The van der Waals surface area contributed by atoms with Crippen LogP contribution in [0.4, 0.5) is 0 Å². The Morgan fingerprint density at radius 2 is 0.594 bits per heavy atom. The smallest absolute Gasteiger partial charge is 0.235 e. The lowest BCUT2D eigenvalue weighted by Gasteiger charge is -2.16. The van der Waals surface area contributed by atoms with E-state index in [9.17, 15) is 0 Å². The molecule has 6 heterocycles. The quantitative estimate of drug-likeness (QED) is 0.144. The lowest BCUT2D eigenvalue weighted by atomic mass is 9.98. The zero-order valence-electron chi connectivity index (χ0n) is 51.6. The second kappa shape index (κ2) is 21.2. The Hall–Kier alpha value is -13.1. The summed E-state index contributed by atoms with van der Waals surface area (Å²) in [5, 5.41) is 12.6. The average molecular weight is 1220 g/mol. The maximum Gasteiger partial charge on any atom is 0.235 e. The van der Waals surface area contributed by atoms with Crippen LogP contribution in [0.5, 0.6) is 0 Å². The van der Waals surface area contributed by atoms with E-state index < -0.39 is 0 Å². The molecular weight excluding hydrogens is 1170 g/mol. The Morgan fingerprint density at radius 1 is 0.198 bits per heavy atom. The normalized spacial score (nSPS) is 12.0. The third-order valence-corrected chi connectivity index (χ3v) is 19.3. The van der Waals surface area contributed by atoms with Gasteiger partial charge in [0.15, 0.2) is 17.5 Å². The van der Waals surface area contributed by atoms with Crippen molar-refractivity contribution in [3.8, 4) is 79.6 Å². The molecule has 0 bridgehead atoms. The van der Waals surface area contributed by atoms with Crippen molar-refractivity contribution in [1.29, 1.82) is 0 Å². The molecule has 20 aromatic rings. The van der Waals surface area contributed by atoms with Crippen molar-refractivity contribution in [2.75, 3.05) is 0 Å². The molecule has 96 heavy (non-hydrogen) atoms. The molecule has 0 aliphatic rings. The van der Waals surface area contributed by atoms with E-state index in [0.717, 1.165) is 133 Å². The lowest BCUT2D eigenvalue weighted by molar-refractivity contribution is 1.02. The van der Waals surface area contributed by atoms with Crippen LogP contribution in [-0.4, -0.2) is 43.2 Å². The standard InChI is InChI=1S/C87H53N9/c1-4-25-54(26-5-1)84-90-85(55-27-6-2-7-28-55)92-86(91-84)59-50-61(93-73-42-19-13-33-63(73)64-34-14-20-43-74(64)93)53-62(51-59)94-75-44-21-15-35-65(75)71-52-57(47-48-78(71)94)56-29-24-30-58(49-56)81-68-38-12-18-41-72(68)88-87(89-81)96-77-46-23-17-40-70(77)80-79-69-39-16-22-45-76(69)95(60-31-8-3-9-32-60)82(79)66-36-10-11-37-67(66)83(80)96/h1-53H. The minimum atomic E-state index is 0.576. The van der Waals surface area contributed by atoms with Crippen molar-refractivity contribution in [1.82, 2.24) is 43.2 Å². The zero-order valence-corrected chi connectivity index (χ0v) is 51.6. The summed E-state index contributed by atoms with van der Waals surface area (Å²) in [5.74, 6) is 2.40. The molecule has 20 rings (SSSR count).